The minimum atomic E-state index is -4.60. The number of hydrogen-bond acceptors (Lipinski definition) is 7. The fraction of sp³-hybridized carbons (Fsp3) is 0.133. The van der Waals surface area contributed by atoms with Gasteiger partial charge in [0.1, 0.15) is 10.9 Å². The first-order valence-corrected chi connectivity index (χ1v) is 8.65. The number of nitrogens with one attached hydrogen (secondary N) is 1. The maximum atomic E-state index is 12.0. The average molecular weight is 378 g/mol. The van der Waals surface area contributed by atoms with Gasteiger partial charge in [-0.25, -0.2) is 0 Å². The van der Waals surface area contributed by atoms with Gasteiger partial charge in [-0.1, -0.05) is 18.2 Å². The van der Waals surface area contributed by atoms with Gasteiger partial charge < -0.3 is 5.32 Å². The van der Waals surface area contributed by atoms with Crippen molar-refractivity contribution in [1.29, 1.82) is 0 Å². The molecule has 0 saturated heterocycles. The zero-order valence-electron chi connectivity index (χ0n) is 13.4. The zero-order chi connectivity index (χ0) is 19.3. The number of nitrogens with zero attached hydrogens (tertiary/aromatic N) is 3. The lowest BCUT2D eigenvalue weighted by Crippen LogP contribution is -2.22. The number of nitro groups is 1. The Balaban J connectivity index is 2.21. The third kappa shape index (κ3) is 4.91. The van der Waals surface area contributed by atoms with Gasteiger partial charge in [0.2, 0.25) is 0 Å². The minimum Gasteiger partial charge on any atom is -0.324 e. The number of para-hydroxylation sites is 1. The van der Waals surface area contributed by atoms with Crippen molar-refractivity contribution in [2.24, 2.45) is 10.2 Å². The summed E-state index contributed by atoms with van der Waals surface area (Å²) >= 11 is 0. The van der Waals surface area contributed by atoms with Gasteiger partial charge in [0.25, 0.3) is 21.7 Å². The van der Waals surface area contributed by atoms with Crippen molar-refractivity contribution in [2.75, 3.05) is 5.32 Å². The molecule has 0 aromatic heterocycles. The van der Waals surface area contributed by atoms with Gasteiger partial charge in [-0.3, -0.25) is 19.5 Å². The average Bonchev–Trinajstić information content (AvgIpc) is 2.59. The third-order valence-corrected chi connectivity index (χ3v) is 4.05. The summed E-state index contributed by atoms with van der Waals surface area (Å²) in [7, 11) is -4.60. The standard InChI is InChI=1S/C15H14N4O6S/c1-10(15(20)16-11-5-3-2-4-6-11)17-18-13-8-7-12(26(23,24)25)9-14(13)19(21)22/h2-10H,1H3,(H,16,20)(H,23,24,25). The van der Waals surface area contributed by atoms with E-state index in [-0.39, 0.29) is 5.69 Å². The van der Waals surface area contributed by atoms with E-state index >= 15 is 0 Å². The molecule has 1 unspecified atom stereocenters. The van der Waals surface area contributed by atoms with Crippen LogP contribution in [0.1, 0.15) is 6.92 Å². The van der Waals surface area contributed by atoms with Gasteiger partial charge in [0.05, 0.1) is 4.92 Å². The number of benzene rings is 2. The molecule has 0 bridgehead atoms. The van der Waals surface area contributed by atoms with Crippen molar-refractivity contribution in [1.82, 2.24) is 0 Å². The number of anilines is 1. The summed E-state index contributed by atoms with van der Waals surface area (Å²) in [6.45, 7) is 1.44. The molecular formula is C15H14N4O6S. The van der Waals surface area contributed by atoms with Crippen LogP contribution in [-0.4, -0.2) is 29.8 Å². The van der Waals surface area contributed by atoms with E-state index in [9.17, 15) is 23.3 Å². The lowest BCUT2D eigenvalue weighted by atomic mass is 10.2. The summed E-state index contributed by atoms with van der Waals surface area (Å²) in [6, 6.07) is 10.3. The van der Waals surface area contributed by atoms with Crippen LogP contribution in [0.5, 0.6) is 0 Å². The smallest absolute Gasteiger partial charge is 0.298 e. The van der Waals surface area contributed by atoms with Gasteiger partial charge >= 0.3 is 0 Å². The molecule has 0 aliphatic carbocycles. The molecule has 0 saturated carbocycles. The fourth-order valence-corrected chi connectivity index (χ4v) is 2.36. The van der Waals surface area contributed by atoms with Crippen LogP contribution in [0.2, 0.25) is 0 Å². The van der Waals surface area contributed by atoms with Crippen LogP contribution in [0.15, 0.2) is 63.7 Å². The maximum absolute atomic E-state index is 12.0. The highest BCUT2D eigenvalue weighted by Crippen LogP contribution is 2.30. The van der Waals surface area contributed by atoms with Crippen molar-refractivity contribution in [3.8, 4) is 0 Å². The van der Waals surface area contributed by atoms with Crippen molar-refractivity contribution in [3.05, 3.63) is 58.6 Å². The Hall–Kier alpha value is -3.18. The summed E-state index contributed by atoms with van der Waals surface area (Å²) in [4.78, 5) is 21.6. The molecule has 0 aliphatic heterocycles. The molecule has 1 amide bonds. The molecule has 136 valence electrons. The normalized spacial score (nSPS) is 12.7. The van der Waals surface area contributed by atoms with Crippen molar-refractivity contribution >= 4 is 33.1 Å². The van der Waals surface area contributed by atoms with Crippen LogP contribution < -0.4 is 5.32 Å². The highest BCUT2D eigenvalue weighted by Gasteiger charge is 2.20. The summed E-state index contributed by atoms with van der Waals surface area (Å²) in [6.07, 6.45) is 0. The molecule has 0 spiro atoms. The van der Waals surface area contributed by atoms with E-state index < -0.39 is 37.6 Å². The minimum absolute atomic E-state index is 0.248. The Bertz CT molecular complexity index is 959. The number of carbonyl (C=O) groups excluding carboxylic acids is 1. The van der Waals surface area contributed by atoms with Crippen LogP contribution >= 0.6 is 0 Å². The second-order valence-corrected chi connectivity index (χ2v) is 6.55. The van der Waals surface area contributed by atoms with Crippen LogP contribution in [0, 0.1) is 10.1 Å². The third-order valence-electron chi connectivity index (χ3n) is 3.20. The summed E-state index contributed by atoms with van der Waals surface area (Å²) < 4.78 is 31.1. The largest absolute Gasteiger partial charge is 0.324 e. The summed E-state index contributed by atoms with van der Waals surface area (Å²) in [5.41, 5.74) is -0.357. The van der Waals surface area contributed by atoms with Gasteiger partial charge in [-0.05, 0) is 31.2 Å². The molecule has 10 nitrogen and oxygen atoms in total. The molecule has 2 N–H and O–H groups in total. The van der Waals surface area contributed by atoms with E-state index in [1.165, 1.54) is 6.92 Å². The van der Waals surface area contributed by atoms with E-state index in [1.807, 2.05) is 0 Å². The molecule has 1 atom stereocenters. The van der Waals surface area contributed by atoms with Gasteiger partial charge in [-0.15, -0.1) is 5.11 Å². The van der Waals surface area contributed by atoms with E-state index in [0.717, 1.165) is 12.1 Å². The second kappa shape index (κ2) is 7.80. The molecule has 11 heteroatoms. The molecule has 0 heterocycles. The highest BCUT2D eigenvalue weighted by atomic mass is 32.2. The first-order chi connectivity index (χ1) is 12.2. The quantitative estimate of drug-likeness (QED) is 0.341. The fourth-order valence-electron chi connectivity index (χ4n) is 1.86. The first kappa shape index (κ1) is 19.1. The predicted molar refractivity (Wildman–Crippen MR) is 92.0 cm³/mol. The monoisotopic (exact) mass is 378 g/mol. The Kier molecular flexibility index (Phi) is 5.75. The van der Waals surface area contributed by atoms with E-state index in [4.69, 9.17) is 4.55 Å². The molecule has 26 heavy (non-hydrogen) atoms. The molecule has 0 aliphatic rings. The van der Waals surface area contributed by atoms with Crippen molar-refractivity contribution in [2.45, 2.75) is 17.9 Å². The number of carbonyl (C=O) groups is 1. The van der Waals surface area contributed by atoms with E-state index in [2.05, 4.69) is 15.5 Å². The van der Waals surface area contributed by atoms with Gasteiger partial charge in [0.15, 0.2) is 5.69 Å². The Labute approximate surface area is 148 Å². The topological polar surface area (TPSA) is 151 Å². The van der Waals surface area contributed by atoms with Gasteiger partial charge in [0, 0.05) is 11.8 Å². The molecular weight excluding hydrogens is 364 g/mol. The Morgan fingerprint density at radius 3 is 2.46 bits per heavy atom. The first-order valence-electron chi connectivity index (χ1n) is 7.21. The molecule has 2 rings (SSSR count). The number of nitro benzene ring substituents is 1. The SMILES string of the molecule is CC(N=Nc1ccc(S(=O)(=O)O)cc1[N+](=O)[O-])C(=O)Nc1ccccc1. The zero-order valence-corrected chi connectivity index (χ0v) is 14.3. The van der Waals surface area contributed by atoms with E-state index in [0.29, 0.717) is 11.8 Å². The number of azo groups is 1. The molecule has 0 radical (unpaired) electrons. The van der Waals surface area contributed by atoms with Crippen molar-refractivity contribution in [3.63, 3.8) is 0 Å². The number of hydrogen-bond donors (Lipinski definition) is 2. The Morgan fingerprint density at radius 1 is 1.23 bits per heavy atom. The lowest BCUT2D eigenvalue weighted by Gasteiger charge is -2.07. The predicted octanol–water partition coefficient (Wildman–Crippen LogP) is 2.95. The van der Waals surface area contributed by atoms with Crippen LogP contribution in [-0.2, 0) is 14.9 Å². The number of rotatable bonds is 6. The highest BCUT2D eigenvalue weighted by molar-refractivity contribution is 7.85. The summed E-state index contributed by atoms with van der Waals surface area (Å²) in [5, 5.41) is 21.1. The molecule has 2 aromatic carbocycles. The molecule has 2 aromatic rings. The van der Waals surface area contributed by atoms with Crippen LogP contribution in [0.4, 0.5) is 17.1 Å². The van der Waals surface area contributed by atoms with Crippen LogP contribution in [0.3, 0.4) is 0 Å². The lowest BCUT2D eigenvalue weighted by molar-refractivity contribution is -0.384. The number of amides is 1. The maximum Gasteiger partial charge on any atom is 0.298 e. The Morgan fingerprint density at radius 2 is 1.88 bits per heavy atom. The van der Waals surface area contributed by atoms with Crippen molar-refractivity contribution < 1.29 is 22.7 Å². The van der Waals surface area contributed by atoms with Crippen LogP contribution in [0.25, 0.3) is 0 Å². The second-order valence-electron chi connectivity index (χ2n) is 5.13. The van der Waals surface area contributed by atoms with Gasteiger partial charge in [-0.2, -0.15) is 13.5 Å². The van der Waals surface area contributed by atoms with E-state index in [1.54, 1.807) is 30.3 Å². The molecule has 0 fully saturated rings. The summed E-state index contributed by atoms with van der Waals surface area (Å²) in [5.74, 6) is -0.475.